The van der Waals surface area contributed by atoms with Crippen molar-refractivity contribution in [1.82, 2.24) is 15.1 Å². The SMILES string of the molecule is CCC(C)CNC(=O)CN1CN(c2ccccc2)C2(CCN(C(=O)Nc3cccc(Cl)c3Cl)CC2)C1=O. The molecule has 2 heterocycles. The zero-order valence-corrected chi connectivity index (χ0v) is 22.7. The maximum atomic E-state index is 13.8. The zero-order chi connectivity index (χ0) is 26.6. The Morgan fingerprint density at radius 3 is 2.43 bits per heavy atom. The number of halogens is 2. The summed E-state index contributed by atoms with van der Waals surface area (Å²) in [5.74, 6) is 0.143. The number of urea groups is 1. The van der Waals surface area contributed by atoms with Crippen LogP contribution in [0.5, 0.6) is 0 Å². The standard InChI is InChI=1S/C27H33Cl2N5O3/c1-3-19(2)16-30-23(35)17-33-18-34(20-8-5-4-6-9-20)27(25(33)36)12-14-32(15-13-27)26(37)31-22-11-7-10-21(28)24(22)29/h4-11,19H,3,12-18H2,1-2H3,(H,30,35)(H,31,37). The van der Waals surface area contributed by atoms with Crippen LogP contribution in [0.15, 0.2) is 48.5 Å². The van der Waals surface area contributed by atoms with Crippen LogP contribution in [-0.2, 0) is 9.59 Å². The van der Waals surface area contributed by atoms with E-state index in [1.54, 1.807) is 28.0 Å². The number of rotatable bonds is 7. The first-order valence-corrected chi connectivity index (χ1v) is 13.4. The van der Waals surface area contributed by atoms with E-state index in [0.29, 0.717) is 55.8 Å². The van der Waals surface area contributed by atoms with Gasteiger partial charge in [-0.3, -0.25) is 9.59 Å². The van der Waals surface area contributed by atoms with Gasteiger partial charge in [0.1, 0.15) is 12.1 Å². The molecule has 10 heteroatoms. The fraction of sp³-hybridized carbons (Fsp3) is 0.444. The number of likely N-dealkylation sites (tertiary alicyclic amines) is 1. The fourth-order valence-corrected chi connectivity index (χ4v) is 5.21. The van der Waals surface area contributed by atoms with Gasteiger partial charge in [0.2, 0.25) is 5.91 Å². The Morgan fingerprint density at radius 2 is 1.76 bits per heavy atom. The highest BCUT2D eigenvalue weighted by Crippen LogP contribution is 2.39. The summed E-state index contributed by atoms with van der Waals surface area (Å²) < 4.78 is 0. The van der Waals surface area contributed by atoms with Crippen LogP contribution in [0.2, 0.25) is 10.0 Å². The highest BCUT2D eigenvalue weighted by molar-refractivity contribution is 6.43. The molecule has 2 aromatic rings. The number of benzene rings is 2. The third kappa shape index (κ3) is 5.80. The van der Waals surface area contributed by atoms with Gasteiger partial charge < -0.3 is 25.3 Å². The molecule has 0 aromatic heterocycles. The Kier molecular flexibility index (Phi) is 8.49. The highest BCUT2D eigenvalue weighted by atomic mass is 35.5. The molecule has 1 unspecified atom stereocenters. The summed E-state index contributed by atoms with van der Waals surface area (Å²) in [6, 6.07) is 14.5. The van der Waals surface area contributed by atoms with Crippen molar-refractivity contribution in [2.75, 3.05) is 43.1 Å². The lowest BCUT2D eigenvalue weighted by molar-refractivity contribution is -0.137. The molecule has 0 bridgehead atoms. The smallest absolute Gasteiger partial charge is 0.321 e. The molecule has 2 N–H and O–H groups in total. The molecule has 0 saturated carbocycles. The third-order valence-electron chi connectivity index (χ3n) is 7.33. The Hall–Kier alpha value is -2.97. The van der Waals surface area contributed by atoms with Gasteiger partial charge in [-0.2, -0.15) is 0 Å². The van der Waals surface area contributed by atoms with Crippen LogP contribution in [0.4, 0.5) is 16.2 Å². The number of hydrogen-bond donors (Lipinski definition) is 2. The molecule has 2 aliphatic rings. The van der Waals surface area contributed by atoms with Gasteiger partial charge in [0.15, 0.2) is 0 Å². The summed E-state index contributed by atoms with van der Waals surface area (Å²) in [5.41, 5.74) is 0.543. The molecule has 0 aliphatic carbocycles. The quantitative estimate of drug-likeness (QED) is 0.521. The number of nitrogens with one attached hydrogen (secondary N) is 2. The summed E-state index contributed by atoms with van der Waals surface area (Å²) in [6.07, 6.45) is 1.87. The molecule has 2 fully saturated rings. The van der Waals surface area contributed by atoms with E-state index in [0.717, 1.165) is 12.1 Å². The Bertz CT molecular complexity index is 1140. The Balaban J connectivity index is 1.47. The van der Waals surface area contributed by atoms with E-state index in [2.05, 4.69) is 29.4 Å². The first-order chi connectivity index (χ1) is 17.7. The van der Waals surface area contributed by atoms with Crippen LogP contribution in [0.3, 0.4) is 0 Å². The van der Waals surface area contributed by atoms with Crippen molar-refractivity contribution in [3.05, 3.63) is 58.6 Å². The maximum absolute atomic E-state index is 13.8. The zero-order valence-electron chi connectivity index (χ0n) is 21.2. The van der Waals surface area contributed by atoms with E-state index in [-0.39, 0.29) is 29.4 Å². The lowest BCUT2D eigenvalue weighted by Crippen LogP contribution is -2.58. The van der Waals surface area contributed by atoms with Crippen molar-refractivity contribution in [2.24, 2.45) is 5.92 Å². The van der Waals surface area contributed by atoms with Crippen molar-refractivity contribution in [2.45, 2.75) is 38.6 Å². The minimum absolute atomic E-state index is 0.0117. The van der Waals surface area contributed by atoms with Crippen LogP contribution in [0.25, 0.3) is 0 Å². The minimum Gasteiger partial charge on any atom is -0.354 e. The highest BCUT2D eigenvalue weighted by Gasteiger charge is 2.54. The van der Waals surface area contributed by atoms with Crippen molar-refractivity contribution in [3.8, 4) is 0 Å². The first-order valence-electron chi connectivity index (χ1n) is 12.6. The second-order valence-corrected chi connectivity index (χ2v) is 10.6. The lowest BCUT2D eigenvalue weighted by atomic mass is 9.85. The summed E-state index contributed by atoms with van der Waals surface area (Å²) in [6.45, 7) is 5.85. The van der Waals surface area contributed by atoms with Gasteiger partial charge in [-0.05, 0) is 43.0 Å². The topological polar surface area (TPSA) is 85.0 Å². The molecule has 2 aromatic carbocycles. The predicted octanol–water partition coefficient (Wildman–Crippen LogP) is 4.83. The van der Waals surface area contributed by atoms with E-state index in [9.17, 15) is 14.4 Å². The second kappa shape index (κ2) is 11.6. The summed E-state index contributed by atoms with van der Waals surface area (Å²) in [7, 11) is 0. The van der Waals surface area contributed by atoms with Gasteiger partial charge in [-0.1, -0.05) is 67.7 Å². The minimum atomic E-state index is -0.817. The van der Waals surface area contributed by atoms with Crippen LogP contribution in [-0.4, -0.2) is 66.0 Å². The van der Waals surface area contributed by atoms with Crippen molar-refractivity contribution >= 4 is 52.4 Å². The normalized spacial score (nSPS) is 17.7. The van der Waals surface area contributed by atoms with Crippen molar-refractivity contribution in [1.29, 1.82) is 0 Å². The molecule has 1 spiro atoms. The number of piperidine rings is 1. The summed E-state index contributed by atoms with van der Waals surface area (Å²) in [5, 5.41) is 6.42. The number of carbonyl (C=O) groups excluding carboxylic acids is 3. The first kappa shape index (κ1) is 27.1. The average Bonchev–Trinajstić information content (AvgIpc) is 3.16. The van der Waals surface area contributed by atoms with Gasteiger partial charge in [0, 0.05) is 25.3 Å². The largest absolute Gasteiger partial charge is 0.354 e. The molecule has 198 valence electrons. The number of amides is 4. The van der Waals surface area contributed by atoms with Crippen molar-refractivity contribution < 1.29 is 14.4 Å². The van der Waals surface area contributed by atoms with Crippen molar-refractivity contribution in [3.63, 3.8) is 0 Å². The Labute approximate surface area is 227 Å². The molecule has 2 saturated heterocycles. The molecule has 1 atom stereocenters. The fourth-order valence-electron chi connectivity index (χ4n) is 4.86. The Morgan fingerprint density at radius 1 is 1.05 bits per heavy atom. The van der Waals surface area contributed by atoms with Crippen LogP contribution in [0.1, 0.15) is 33.1 Å². The molecule has 4 rings (SSSR count). The number of carbonyl (C=O) groups is 3. The number of para-hydroxylation sites is 1. The van der Waals surface area contributed by atoms with E-state index < -0.39 is 5.54 Å². The monoisotopic (exact) mass is 545 g/mol. The molecule has 4 amide bonds. The summed E-state index contributed by atoms with van der Waals surface area (Å²) >= 11 is 12.3. The van der Waals surface area contributed by atoms with E-state index in [4.69, 9.17) is 23.2 Å². The second-order valence-electron chi connectivity index (χ2n) is 9.78. The van der Waals surface area contributed by atoms with Gasteiger partial charge in [-0.25, -0.2) is 4.79 Å². The molecular formula is C27H33Cl2N5O3. The third-order valence-corrected chi connectivity index (χ3v) is 8.15. The van der Waals surface area contributed by atoms with Gasteiger partial charge in [-0.15, -0.1) is 0 Å². The summed E-state index contributed by atoms with van der Waals surface area (Å²) in [4.78, 5) is 44.8. The van der Waals surface area contributed by atoms with Gasteiger partial charge in [0.05, 0.1) is 22.4 Å². The molecule has 2 aliphatic heterocycles. The van der Waals surface area contributed by atoms with E-state index in [1.807, 2.05) is 30.3 Å². The maximum Gasteiger partial charge on any atom is 0.321 e. The number of nitrogens with zero attached hydrogens (tertiary/aromatic N) is 3. The molecule has 37 heavy (non-hydrogen) atoms. The molecule has 0 radical (unpaired) electrons. The van der Waals surface area contributed by atoms with E-state index in [1.165, 1.54) is 0 Å². The van der Waals surface area contributed by atoms with Gasteiger partial charge in [0.25, 0.3) is 5.91 Å². The van der Waals surface area contributed by atoms with Crippen LogP contribution >= 0.6 is 23.2 Å². The molecule has 8 nitrogen and oxygen atoms in total. The predicted molar refractivity (Wildman–Crippen MR) is 147 cm³/mol. The number of hydrogen-bond acceptors (Lipinski definition) is 4. The van der Waals surface area contributed by atoms with Crippen LogP contribution in [0, 0.1) is 5.92 Å². The average molecular weight is 546 g/mol. The van der Waals surface area contributed by atoms with Crippen LogP contribution < -0.4 is 15.5 Å². The molecular weight excluding hydrogens is 513 g/mol. The lowest BCUT2D eigenvalue weighted by Gasteiger charge is -2.43. The number of anilines is 2. The van der Waals surface area contributed by atoms with Gasteiger partial charge >= 0.3 is 6.03 Å². The van der Waals surface area contributed by atoms with E-state index >= 15 is 0 Å².